The molecule has 1 aromatic rings. The van der Waals surface area contributed by atoms with Gasteiger partial charge in [-0.05, 0) is 34.0 Å². The summed E-state index contributed by atoms with van der Waals surface area (Å²) in [6.07, 6.45) is 2.33. The first-order valence-electron chi connectivity index (χ1n) is 4.92. The van der Waals surface area contributed by atoms with E-state index in [1.807, 2.05) is 21.0 Å². The highest BCUT2D eigenvalue weighted by Crippen LogP contribution is 2.06. The Hall–Kier alpha value is -1.36. The molecule has 0 spiro atoms. The largest absolute Gasteiger partial charge is 0.477 e. The molecule has 0 amide bonds. The second-order valence-electron chi connectivity index (χ2n) is 3.80. The van der Waals surface area contributed by atoms with Crippen LogP contribution in [0.15, 0.2) is 6.20 Å². The predicted molar refractivity (Wildman–Crippen MR) is 57.1 cm³/mol. The lowest BCUT2D eigenvalue weighted by Crippen LogP contribution is -2.17. The minimum absolute atomic E-state index is 0.270. The van der Waals surface area contributed by atoms with Crippen LogP contribution in [0.4, 0.5) is 0 Å². The smallest absolute Gasteiger partial charge is 0.354 e. The fourth-order valence-electron chi connectivity index (χ4n) is 1.47. The highest BCUT2D eigenvalue weighted by molar-refractivity contribution is 5.85. The van der Waals surface area contributed by atoms with Gasteiger partial charge in [0, 0.05) is 6.54 Å². The fraction of sp³-hybridized carbons (Fsp3) is 0.600. The molecule has 0 aromatic carbocycles. The van der Waals surface area contributed by atoms with Crippen molar-refractivity contribution in [2.45, 2.75) is 19.9 Å². The van der Waals surface area contributed by atoms with Crippen molar-refractivity contribution in [1.82, 2.24) is 14.5 Å². The number of aromatic carboxylic acids is 1. The van der Waals surface area contributed by atoms with Gasteiger partial charge in [0.25, 0.3) is 0 Å². The van der Waals surface area contributed by atoms with E-state index in [1.165, 1.54) is 6.20 Å². The van der Waals surface area contributed by atoms with Gasteiger partial charge in [0.05, 0.1) is 6.20 Å². The molecule has 0 unspecified atom stereocenters. The first-order chi connectivity index (χ1) is 7.02. The van der Waals surface area contributed by atoms with E-state index in [9.17, 15) is 4.79 Å². The number of carbonyl (C=O) groups is 1. The number of carboxylic acid groups (broad SMARTS) is 1. The van der Waals surface area contributed by atoms with Crippen molar-refractivity contribution in [3.63, 3.8) is 0 Å². The first-order valence-corrected chi connectivity index (χ1v) is 4.92. The molecule has 0 saturated heterocycles. The van der Waals surface area contributed by atoms with Crippen LogP contribution in [-0.2, 0) is 6.54 Å². The van der Waals surface area contributed by atoms with Crippen molar-refractivity contribution in [3.8, 4) is 0 Å². The molecular formula is C10H17N3O2. The van der Waals surface area contributed by atoms with Gasteiger partial charge < -0.3 is 14.6 Å². The number of aryl methyl sites for hydroxylation is 1. The summed E-state index contributed by atoms with van der Waals surface area (Å²) in [6.45, 7) is 3.46. The summed E-state index contributed by atoms with van der Waals surface area (Å²) in [5, 5.41) is 8.92. The van der Waals surface area contributed by atoms with E-state index >= 15 is 0 Å². The van der Waals surface area contributed by atoms with Crippen LogP contribution in [0.2, 0.25) is 0 Å². The van der Waals surface area contributed by atoms with Crippen molar-refractivity contribution in [2.75, 3.05) is 20.6 Å². The Morgan fingerprint density at radius 2 is 2.27 bits per heavy atom. The minimum Gasteiger partial charge on any atom is -0.477 e. The Bertz CT molecular complexity index is 344. The number of hydrogen-bond donors (Lipinski definition) is 1. The molecule has 0 aliphatic heterocycles. The van der Waals surface area contributed by atoms with Crippen LogP contribution in [0, 0.1) is 6.92 Å². The Labute approximate surface area is 89.3 Å². The molecule has 0 radical (unpaired) electrons. The second-order valence-corrected chi connectivity index (χ2v) is 3.80. The van der Waals surface area contributed by atoms with Gasteiger partial charge in [0.1, 0.15) is 11.5 Å². The normalized spacial score (nSPS) is 10.9. The van der Waals surface area contributed by atoms with E-state index in [4.69, 9.17) is 5.11 Å². The topological polar surface area (TPSA) is 58.4 Å². The molecule has 0 bridgehead atoms. The zero-order chi connectivity index (χ0) is 11.4. The van der Waals surface area contributed by atoms with Gasteiger partial charge in [-0.3, -0.25) is 0 Å². The lowest BCUT2D eigenvalue weighted by atomic mass is 10.3. The van der Waals surface area contributed by atoms with Gasteiger partial charge >= 0.3 is 5.97 Å². The van der Waals surface area contributed by atoms with Crippen molar-refractivity contribution in [2.24, 2.45) is 0 Å². The summed E-state index contributed by atoms with van der Waals surface area (Å²) < 4.78 is 1.74. The van der Waals surface area contributed by atoms with Gasteiger partial charge in [-0.1, -0.05) is 0 Å². The van der Waals surface area contributed by atoms with Crippen molar-refractivity contribution in [3.05, 3.63) is 17.7 Å². The Balaban J connectivity index is 2.66. The molecule has 0 aliphatic carbocycles. The molecule has 5 heteroatoms. The monoisotopic (exact) mass is 211 g/mol. The quantitative estimate of drug-likeness (QED) is 0.784. The molecule has 0 aliphatic rings. The first kappa shape index (κ1) is 11.7. The highest BCUT2D eigenvalue weighted by Gasteiger charge is 2.12. The van der Waals surface area contributed by atoms with E-state index in [0.717, 1.165) is 18.8 Å². The molecule has 0 fully saturated rings. The number of carboxylic acids is 1. The number of nitrogens with zero attached hydrogens (tertiary/aromatic N) is 3. The molecule has 15 heavy (non-hydrogen) atoms. The minimum atomic E-state index is -0.916. The summed E-state index contributed by atoms with van der Waals surface area (Å²) in [6, 6.07) is 0. The molecule has 1 heterocycles. The van der Waals surface area contributed by atoms with Crippen LogP contribution in [0.3, 0.4) is 0 Å². The van der Waals surface area contributed by atoms with E-state index in [0.29, 0.717) is 6.54 Å². The summed E-state index contributed by atoms with van der Waals surface area (Å²) in [7, 11) is 4.00. The molecule has 0 atom stereocenters. The average Bonchev–Trinajstić information content (AvgIpc) is 2.47. The molecule has 1 rings (SSSR count). The van der Waals surface area contributed by atoms with Crippen LogP contribution < -0.4 is 0 Å². The molecule has 0 saturated carbocycles. The number of rotatable bonds is 5. The second kappa shape index (κ2) is 4.93. The van der Waals surface area contributed by atoms with Gasteiger partial charge in [0.2, 0.25) is 0 Å². The van der Waals surface area contributed by atoms with Gasteiger partial charge in [-0.25, -0.2) is 9.78 Å². The SMILES string of the molecule is Cc1ncc(C(=O)O)n1CCCN(C)C. The number of imidazole rings is 1. The Morgan fingerprint density at radius 1 is 1.60 bits per heavy atom. The fourth-order valence-corrected chi connectivity index (χ4v) is 1.47. The molecular weight excluding hydrogens is 194 g/mol. The molecule has 5 nitrogen and oxygen atoms in total. The van der Waals surface area contributed by atoms with Crippen LogP contribution in [0.5, 0.6) is 0 Å². The van der Waals surface area contributed by atoms with E-state index in [-0.39, 0.29) is 5.69 Å². The summed E-state index contributed by atoms with van der Waals surface area (Å²) in [4.78, 5) is 16.9. The maximum atomic E-state index is 10.9. The highest BCUT2D eigenvalue weighted by atomic mass is 16.4. The van der Waals surface area contributed by atoms with Gasteiger partial charge in [-0.2, -0.15) is 0 Å². The van der Waals surface area contributed by atoms with E-state index < -0.39 is 5.97 Å². The average molecular weight is 211 g/mol. The van der Waals surface area contributed by atoms with E-state index in [2.05, 4.69) is 9.88 Å². The van der Waals surface area contributed by atoms with Crippen molar-refractivity contribution in [1.29, 1.82) is 0 Å². The molecule has 84 valence electrons. The van der Waals surface area contributed by atoms with Gasteiger partial charge in [0.15, 0.2) is 0 Å². The zero-order valence-corrected chi connectivity index (χ0v) is 9.40. The van der Waals surface area contributed by atoms with Gasteiger partial charge in [-0.15, -0.1) is 0 Å². The van der Waals surface area contributed by atoms with Crippen LogP contribution in [-0.4, -0.2) is 46.2 Å². The van der Waals surface area contributed by atoms with E-state index in [1.54, 1.807) is 4.57 Å². The van der Waals surface area contributed by atoms with Crippen LogP contribution in [0.25, 0.3) is 0 Å². The summed E-state index contributed by atoms with van der Waals surface area (Å²) in [5.41, 5.74) is 0.270. The number of hydrogen-bond acceptors (Lipinski definition) is 3. The third-order valence-corrected chi connectivity index (χ3v) is 2.26. The maximum absolute atomic E-state index is 10.9. The third kappa shape index (κ3) is 3.06. The summed E-state index contributed by atoms with van der Waals surface area (Å²) >= 11 is 0. The lowest BCUT2D eigenvalue weighted by molar-refractivity contribution is 0.0684. The van der Waals surface area contributed by atoms with Crippen LogP contribution in [0.1, 0.15) is 22.7 Å². The predicted octanol–water partition coefficient (Wildman–Crippen LogP) is 0.841. The third-order valence-electron chi connectivity index (χ3n) is 2.26. The number of aromatic nitrogens is 2. The molecule has 1 N–H and O–H groups in total. The lowest BCUT2D eigenvalue weighted by Gasteiger charge is -2.11. The van der Waals surface area contributed by atoms with Crippen LogP contribution >= 0.6 is 0 Å². The Kier molecular flexibility index (Phi) is 3.85. The summed E-state index contributed by atoms with van der Waals surface area (Å²) in [5.74, 6) is -0.161. The van der Waals surface area contributed by atoms with Crippen molar-refractivity contribution >= 4 is 5.97 Å². The zero-order valence-electron chi connectivity index (χ0n) is 9.40. The standard InChI is InChI=1S/C10H17N3O2/c1-8-11-7-9(10(14)15)13(8)6-4-5-12(2)3/h7H,4-6H2,1-3H3,(H,14,15). The maximum Gasteiger partial charge on any atom is 0.354 e. The molecule has 1 aromatic heterocycles. The van der Waals surface area contributed by atoms with Crippen molar-refractivity contribution < 1.29 is 9.90 Å². The Morgan fingerprint density at radius 3 is 2.80 bits per heavy atom.